The van der Waals surface area contributed by atoms with Crippen LogP contribution in [-0.2, 0) is 11.2 Å². The van der Waals surface area contributed by atoms with Crippen LogP contribution in [0.15, 0.2) is 30.4 Å². The third-order valence-corrected chi connectivity index (χ3v) is 4.93. The molecular formula is C21H30O4. The minimum absolute atomic E-state index is 0.000775. The summed E-state index contributed by atoms with van der Waals surface area (Å²) in [5.74, 6) is -0.625. The molecule has 1 aromatic rings. The van der Waals surface area contributed by atoms with E-state index in [1.54, 1.807) is 6.07 Å². The van der Waals surface area contributed by atoms with E-state index in [0.717, 1.165) is 18.4 Å². The Balaban J connectivity index is 2.21. The number of benzene rings is 1. The second-order valence-electron chi connectivity index (χ2n) is 8.27. The maximum Gasteiger partial charge on any atom is 0.303 e. The van der Waals surface area contributed by atoms with E-state index in [1.165, 1.54) is 0 Å². The van der Waals surface area contributed by atoms with Crippen molar-refractivity contribution in [1.82, 2.24) is 0 Å². The summed E-state index contributed by atoms with van der Waals surface area (Å²) in [6.45, 7) is 6.53. The molecule has 0 aliphatic heterocycles. The van der Waals surface area contributed by atoms with Crippen LogP contribution in [0.4, 0.5) is 0 Å². The van der Waals surface area contributed by atoms with Crippen molar-refractivity contribution >= 4 is 5.97 Å². The summed E-state index contributed by atoms with van der Waals surface area (Å²) >= 11 is 0. The Bertz CT molecular complexity index is 627. The molecular weight excluding hydrogens is 316 g/mol. The smallest absolute Gasteiger partial charge is 0.303 e. The Hall–Kier alpha value is -1.81. The molecule has 25 heavy (non-hydrogen) atoms. The number of hydrogen-bond donors (Lipinski definition) is 3. The van der Waals surface area contributed by atoms with Crippen LogP contribution < -0.4 is 0 Å². The van der Waals surface area contributed by atoms with Gasteiger partial charge in [-0.25, -0.2) is 0 Å². The van der Waals surface area contributed by atoms with Gasteiger partial charge in [-0.05, 0) is 48.1 Å². The summed E-state index contributed by atoms with van der Waals surface area (Å²) < 4.78 is 0. The Morgan fingerprint density at radius 3 is 2.64 bits per heavy atom. The van der Waals surface area contributed by atoms with E-state index in [4.69, 9.17) is 5.11 Å². The fourth-order valence-corrected chi connectivity index (χ4v) is 3.56. The lowest BCUT2D eigenvalue weighted by Gasteiger charge is -2.22. The van der Waals surface area contributed by atoms with Crippen LogP contribution in [0.1, 0.15) is 63.5 Å². The number of aliphatic hydroxyl groups excluding tert-OH is 1. The third-order valence-electron chi connectivity index (χ3n) is 4.93. The lowest BCUT2D eigenvalue weighted by atomic mass is 9.84. The van der Waals surface area contributed by atoms with Gasteiger partial charge in [0, 0.05) is 12.3 Å². The number of rotatable bonds is 6. The van der Waals surface area contributed by atoms with Gasteiger partial charge in [0.2, 0.25) is 0 Å². The number of carboxylic acid groups (broad SMARTS) is 1. The van der Waals surface area contributed by atoms with Crippen LogP contribution in [0, 0.1) is 11.3 Å². The Labute approximate surface area is 150 Å². The predicted octanol–water partition coefficient (Wildman–Crippen LogP) is 4.26. The number of aromatic hydroxyl groups is 1. The van der Waals surface area contributed by atoms with Crippen molar-refractivity contribution in [2.45, 2.75) is 64.9 Å². The molecule has 0 spiro atoms. The molecule has 0 radical (unpaired) electrons. The standard InChI is InChI=1S/C21H30O4/c1-21(2,3)13-5-8-16-15(10-11-18(16)22)17-7-4-6-14(20(17)25)9-12-19(23)24/h4-8,15-16,18,22,25H,9-13H2,1-3H3,(H,23,24)/b8-5+/t15-,16?,18+/m0/s1. The summed E-state index contributed by atoms with van der Waals surface area (Å²) in [7, 11) is 0. The fraction of sp³-hybridized carbons (Fsp3) is 0.571. The van der Waals surface area contributed by atoms with Gasteiger partial charge in [0.1, 0.15) is 5.75 Å². The maximum absolute atomic E-state index is 10.8. The minimum Gasteiger partial charge on any atom is -0.507 e. The first-order valence-corrected chi connectivity index (χ1v) is 9.06. The number of hydrogen-bond acceptors (Lipinski definition) is 3. The molecule has 1 unspecified atom stereocenters. The maximum atomic E-state index is 10.8. The van der Waals surface area contributed by atoms with E-state index in [0.29, 0.717) is 18.4 Å². The van der Waals surface area contributed by atoms with Gasteiger partial charge >= 0.3 is 5.97 Å². The molecule has 138 valence electrons. The van der Waals surface area contributed by atoms with Crippen molar-refractivity contribution in [3.05, 3.63) is 41.5 Å². The SMILES string of the molecule is CC(C)(C)C/C=C/C1[C@H](O)CC[C@@H]1c1cccc(CCC(=O)O)c1O. The molecule has 4 heteroatoms. The molecule has 1 aromatic carbocycles. The van der Waals surface area contributed by atoms with Crippen molar-refractivity contribution in [3.63, 3.8) is 0 Å². The van der Waals surface area contributed by atoms with Gasteiger partial charge in [0.25, 0.3) is 0 Å². The van der Waals surface area contributed by atoms with E-state index in [1.807, 2.05) is 12.1 Å². The van der Waals surface area contributed by atoms with Crippen molar-refractivity contribution in [1.29, 1.82) is 0 Å². The van der Waals surface area contributed by atoms with Gasteiger partial charge < -0.3 is 15.3 Å². The van der Waals surface area contributed by atoms with Crippen molar-refractivity contribution in [2.24, 2.45) is 11.3 Å². The number of aryl methyl sites for hydroxylation is 1. The summed E-state index contributed by atoms with van der Waals surface area (Å²) in [4.78, 5) is 10.8. The topological polar surface area (TPSA) is 77.8 Å². The zero-order chi connectivity index (χ0) is 18.6. The van der Waals surface area contributed by atoms with Crippen molar-refractivity contribution < 1.29 is 20.1 Å². The van der Waals surface area contributed by atoms with Crippen molar-refractivity contribution in [3.8, 4) is 5.75 Å². The summed E-state index contributed by atoms with van der Waals surface area (Å²) in [6, 6.07) is 5.54. The molecule has 3 N–H and O–H groups in total. The largest absolute Gasteiger partial charge is 0.507 e. The first-order chi connectivity index (χ1) is 11.7. The average molecular weight is 346 g/mol. The molecule has 2 rings (SSSR count). The number of carbonyl (C=O) groups is 1. The van der Waals surface area contributed by atoms with E-state index < -0.39 is 12.1 Å². The highest BCUT2D eigenvalue weighted by atomic mass is 16.4. The van der Waals surface area contributed by atoms with E-state index in [2.05, 4.69) is 32.9 Å². The van der Waals surface area contributed by atoms with Gasteiger partial charge in [-0.15, -0.1) is 0 Å². The van der Waals surface area contributed by atoms with Crippen molar-refractivity contribution in [2.75, 3.05) is 0 Å². The number of phenolic OH excluding ortho intramolecular Hbond substituents is 1. The molecule has 1 fully saturated rings. The second kappa shape index (κ2) is 8.05. The van der Waals surface area contributed by atoms with E-state index in [-0.39, 0.29) is 29.4 Å². The number of allylic oxidation sites excluding steroid dienone is 1. The summed E-state index contributed by atoms with van der Waals surface area (Å²) in [5.41, 5.74) is 1.69. The quantitative estimate of drug-likeness (QED) is 0.673. The molecule has 0 heterocycles. The van der Waals surface area contributed by atoms with Gasteiger partial charge in [0.05, 0.1) is 6.10 Å². The van der Waals surface area contributed by atoms with Gasteiger partial charge in [-0.3, -0.25) is 4.79 Å². The highest BCUT2D eigenvalue weighted by Crippen LogP contribution is 2.44. The van der Waals surface area contributed by atoms with Gasteiger partial charge in [-0.2, -0.15) is 0 Å². The first kappa shape index (κ1) is 19.5. The van der Waals surface area contributed by atoms with Gasteiger partial charge in [-0.1, -0.05) is 51.1 Å². The average Bonchev–Trinajstić information content (AvgIpc) is 2.86. The van der Waals surface area contributed by atoms with Crippen LogP contribution in [0.2, 0.25) is 0 Å². The van der Waals surface area contributed by atoms with Crippen LogP contribution in [0.3, 0.4) is 0 Å². The summed E-state index contributed by atoms with van der Waals surface area (Å²) in [6.07, 6.45) is 6.62. The lowest BCUT2D eigenvalue weighted by molar-refractivity contribution is -0.136. The second-order valence-corrected chi connectivity index (χ2v) is 8.27. The molecule has 0 bridgehead atoms. The molecule has 4 nitrogen and oxygen atoms in total. The number of aliphatic hydroxyl groups is 1. The molecule has 1 aliphatic rings. The summed E-state index contributed by atoms with van der Waals surface area (Å²) in [5, 5.41) is 29.9. The van der Waals surface area contributed by atoms with Crippen LogP contribution in [0.25, 0.3) is 0 Å². The van der Waals surface area contributed by atoms with Crippen LogP contribution in [0.5, 0.6) is 5.75 Å². The van der Waals surface area contributed by atoms with Crippen LogP contribution >= 0.6 is 0 Å². The lowest BCUT2D eigenvalue weighted by Crippen LogP contribution is -2.16. The molecule has 1 saturated carbocycles. The Kier molecular flexibility index (Phi) is 6.28. The van der Waals surface area contributed by atoms with E-state index in [9.17, 15) is 15.0 Å². The highest BCUT2D eigenvalue weighted by Gasteiger charge is 2.35. The molecule has 0 amide bonds. The predicted molar refractivity (Wildman–Crippen MR) is 98.7 cm³/mol. The number of aliphatic carboxylic acids is 1. The van der Waals surface area contributed by atoms with E-state index >= 15 is 0 Å². The zero-order valence-corrected chi connectivity index (χ0v) is 15.4. The van der Waals surface area contributed by atoms with Gasteiger partial charge in [0.15, 0.2) is 0 Å². The normalized spacial score (nSPS) is 24.1. The Morgan fingerprint density at radius 1 is 1.28 bits per heavy atom. The molecule has 3 atom stereocenters. The molecule has 0 saturated heterocycles. The first-order valence-electron chi connectivity index (χ1n) is 9.06. The molecule has 0 aromatic heterocycles. The number of phenols is 1. The highest BCUT2D eigenvalue weighted by molar-refractivity contribution is 5.67. The minimum atomic E-state index is -0.871. The number of carboxylic acids is 1. The van der Waals surface area contributed by atoms with Crippen LogP contribution in [-0.4, -0.2) is 27.4 Å². The monoisotopic (exact) mass is 346 g/mol. The number of para-hydroxylation sites is 1. The fourth-order valence-electron chi connectivity index (χ4n) is 3.56. The molecule has 1 aliphatic carbocycles. The zero-order valence-electron chi connectivity index (χ0n) is 15.4. The Morgan fingerprint density at radius 2 is 2.00 bits per heavy atom. The third kappa shape index (κ3) is 5.33.